The van der Waals surface area contributed by atoms with E-state index in [2.05, 4.69) is 36.8 Å². The van der Waals surface area contributed by atoms with Crippen molar-refractivity contribution >= 4 is 43.5 Å². The van der Waals surface area contributed by atoms with Crippen molar-refractivity contribution in [2.75, 3.05) is 12.3 Å². The number of nitrogens with two attached hydrogens (primary N) is 1. The molecule has 0 aliphatic carbocycles. The average Bonchev–Trinajstić information content (AvgIpc) is 2.50. The predicted octanol–water partition coefficient (Wildman–Crippen LogP) is 2.56. The number of hydrogen-bond acceptors (Lipinski definition) is 5. The van der Waals surface area contributed by atoms with Crippen LogP contribution in [0.4, 0.5) is 5.82 Å². The predicted molar refractivity (Wildman–Crippen MR) is 102 cm³/mol. The molecule has 0 saturated heterocycles. The Hall–Kier alpha value is -1.87. The average molecular weight is 475 g/mol. The number of hydrogen-bond donors (Lipinski definition) is 2. The highest BCUT2D eigenvalue weighted by Crippen LogP contribution is 2.28. The Morgan fingerprint density at radius 1 is 1.32 bits per heavy atom. The van der Waals surface area contributed by atoms with Gasteiger partial charge in [-0.05, 0) is 40.0 Å². The van der Waals surface area contributed by atoms with Crippen LogP contribution in [0, 0.1) is 5.92 Å². The summed E-state index contributed by atoms with van der Waals surface area (Å²) in [5, 5.41) is 0. The van der Waals surface area contributed by atoms with Gasteiger partial charge in [0.05, 0.1) is 4.47 Å². The zero-order chi connectivity index (χ0) is 18.7. The number of carbonyl (C=O) groups excluding carboxylic acids is 1. The van der Waals surface area contributed by atoms with Crippen LogP contribution in [0.15, 0.2) is 36.7 Å². The number of nitrogens with one attached hydrogen (secondary N) is 1. The number of aromatic amines is 1. The molecular formula is C16H17Br2N3O4. The van der Waals surface area contributed by atoms with Gasteiger partial charge in [-0.15, -0.1) is 0 Å². The molecule has 0 spiro atoms. The number of Topliss-reactive ketones (excluding diaryl/α,β-unsaturated/α-hetero) is 1. The Morgan fingerprint density at radius 3 is 2.60 bits per heavy atom. The second-order valence-corrected chi connectivity index (χ2v) is 7.58. The quantitative estimate of drug-likeness (QED) is 0.625. The van der Waals surface area contributed by atoms with Crippen molar-refractivity contribution in [2.24, 2.45) is 5.92 Å². The molecule has 7 nitrogen and oxygen atoms in total. The van der Waals surface area contributed by atoms with Crippen LogP contribution in [0.3, 0.4) is 0 Å². The number of rotatable bonds is 6. The largest absolute Gasteiger partial charge is 0.484 e. The number of halogens is 2. The van der Waals surface area contributed by atoms with Crippen molar-refractivity contribution in [2.45, 2.75) is 20.4 Å². The molecule has 2 rings (SSSR count). The molecule has 0 unspecified atom stereocenters. The minimum atomic E-state index is -0.814. The summed E-state index contributed by atoms with van der Waals surface area (Å²) in [5.41, 5.74) is 4.19. The zero-order valence-electron chi connectivity index (χ0n) is 13.6. The lowest BCUT2D eigenvalue weighted by molar-refractivity contribution is 0.0919. The van der Waals surface area contributed by atoms with Crippen molar-refractivity contribution in [1.29, 1.82) is 0 Å². The van der Waals surface area contributed by atoms with Crippen molar-refractivity contribution in [3.63, 3.8) is 0 Å². The number of nitrogen functional groups attached to an aromatic ring is 1. The van der Waals surface area contributed by atoms with Crippen LogP contribution >= 0.6 is 31.9 Å². The Bertz CT molecular complexity index is 919. The highest BCUT2D eigenvalue weighted by molar-refractivity contribution is 9.11. The number of ketones is 1. The third kappa shape index (κ3) is 4.60. The van der Waals surface area contributed by atoms with E-state index >= 15 is 0 Å². The SMILES string of the molecule is CC(C)Cn1c(N)c(C(=O)COc2ccc(Br)cc2Br)c(=O)[nH]c1=O. The van der Waals surface area contributed by atoms with E-state index in [1.54, 1.807) is 18.2 Å². The first-order valence-electron chi connectivity index (χ1n) is 7.44. The van der Waals surface area contributed by atoms with Gasteiger partial charge in [0, 0.05) is 11.0 Å². The van der Waals surface area contributed by atoms with Gasteiger partial charge in [0.2, 0.25) is 5.78 Å². The number of anilines is 1. The van der Waals surface area contributed by atoms with Crippen LogP contribution in [0.5, 0.6) is 5.75 Å². The van der Waals surface area contributed by atoms with Gasteiger partial charge in [-0.2, -0.15) is 0 Å². The third-order valence-electron chi connectivity index (χ3n) is 3.32. The van der Waals surface area contributed by atoms with Gasteiger partial charge >= 0.3 is 5.69 Å². The molecule has 134 valence electrons. The lowest BCUT2D eigenvalue weighted by atomic mass is 10.2. The van der Waals surface area contributed by atoms with E-state index in [0.717, 1.165) is 4.47 Å². The number of H-pyrrole nitrogens is 1. The summed E-state index contributed by atoms with van der Waals surface area (Å²) in [7, 11) is 0. The molecule has 0 saturated carbocycles. The topological polar surface area (TPSA) is 107 Å². The first kappa shape index (κ1) is 19.5. The number of carbonyl (C=O) groups is 1. The molecule has 1 aromatic carbocycles. The van der Waals surface area contributed by atoms with Gasteiger partial charge < -0.3 is 10.5 Å². The number of nitrogens with zero attached hydrogens (tertiary/aromatic N) is 1. The highest BCUT2D eigenvalue weighted by atomic mass is 79.9. The maximum atomic E-state index is 12.4. The smallest absolute Gasteiger partial charge is 0.329 e. The summed E-state index contributed by atoms with van der Waals surface area (Å²) in [5.74, 6) is -0.192. The van der Waals surface area contributed by atoms with Gasteiger partial charge in [-0.1, -0.05) is 29.8 Å². The molecule has 3 N–H and O–H groups in total. The molecular weight excluding hydrogens is 458 g/mol. The molecule has 0 radical (unpaired) electrons. The molecule has 1 aromatic heterocycles. The molecule has 0 fully saturated rings. The van der Waals surface area contributed by atoms with Gasteiger partial charge in [-0.3, -0.25) is 19.1 Å². The number of benzene rings is 1. The summed E-state index contributed by atoms with van der Waals surface area (Å²) in [6, 6.07) is 5.20. The molecule has 1 heterocycles. The van der Waals surface area contributed by atoms with E-state index in [9.17, 15) is 14.4 Å². The standard InChI is InChI=1S/C16H17Br2N3O4/c1-8(2)6-21-14(19)13(15(23)20-16(21)24)11(22)7-25-12-4-3-9(17)5-10(12)18/h3-5,8H,6-7,19H2,1-2H3,(H,20,23,24). The second kappa shape index (κ2) is 8.01. The maximum absolute atomic E-state index is 12.4. The van der Waals surface area contributed by atoms with Crippen LogP contribution in [-0.4, -0.2) is 21.9 Å². The first-order chi connectivity index (χ1) is 11.7. The van der Waals surface area contributed by atoms with E-state index < -0.39 is 17.0 Å². The fourth-order valence-corrected chi connectivity index (χ4v) is 3.37. The summed E-state index contributed by atoms with van der Waals surface area (Å²) < 4.78 is 8.15. The third-order valence-corrected chi connectivity index (χ3v) is 4.43. The summed E-state index contributed by atoms with van der Waals surface area (Å²) in [6.45, 7) is 3.70. The molecule has 0 amide bonds. The fraction of sp³-hybridized carbons (Fsp3) is 0.312. The lowest BCUT2D eigenvalue weighted by Gasteiger charge is -2.14. The van der Waals surface area contributed by atoms with Crippen molar-refractivity contribution in [3.8, 4) is 5.75 Å². The Morgan fingerprint density at radius 2 is 2.00 bits per heavy atom. The molecule has 9 heteroatoms. The molecule has 2 aromatic rings. The van der Waals surface area contributed by atoms with E-state index in [0.29, 0.717) is 16.8 Å². The van der Waals surface area contributed by atoms with Gasteiger partial charge in [0.15, 0.2) is 6.61 Å². The summed E-state index contributed by atoms with van der Waals surface area (Å²) in [6.07, 6.45) is 0. The van der Waals surface area contributed by atoms with E-state index in [4.69, 9.17) is 10.5 Å². The van der Waals surface area contributed by atoms with E-state index in [1.807, 2.05) is 13.8 Å². The molecule has 0 atom stereocenters. The lowest BCUT2D eigenvalue weighted by Crippen LogP contribution is -2.38. The Kier molecular flexibility index (Phi) is 6.23. The number of aromatic nitrogens is 2. The minimum absolute atomic E-state index is 0.115. The Balaban J connectivity index is 2.30. The van der Waals surface area contributed by atoms with Crippen LogP contribution in [-0.2, 0) is 6.54 Å². The van der Waals surface area contributed by atoms with E-state index in [1.165, 1.54) is 4.57 Å². The van der Waals surface area contributed by atoms with Gasteiger partial charge in [0.25, 0.3) is 5.56 Å². The second-order valence-electron chi connectivity index (χ2n) is 5.81. The summed E-state index contributed by atoms with van der Waals surface area (Å²) in [4.78, 5) is 38.5. The first-order valence-corrected chi connectivity index (χ1v) is 9.03. The van der Waals surface area contributed by atoms with Crippen LogP contribution < -0.4 is 21.7 Å². The fourth-order valence-electron chi connectivity index (χ4n) is 2.21. The van der Waals surface area contributed by atoms with Crippen LogP contribution in [0.2, 0.25) is 0 Å². The number of ether oxygens (including phenoxy) is 1. The van der Waals surface area contributed by atoms with E-state index in [-0.39, 0.29) is 23.9 Å². The van der Waals surface area contributed by atoms with Crippen molar-refractivity contribution in [3.05, 3.63) is 53.5 Å². The van der Waals surface area contributed by atoms with Gasteiger partial charge in [-0.25, -0.2) is 4.79 Å². The van der Waals surface area contributed by atoms with Gasteiger partial charge in [0.1, 0.15) is 17.1 Å². The van der Waals surface area contributed by atoms with Crippen LogP contribution in [0.25, 0.3) is 0 Å². The zero-order valence-corrected chi connectivity index (χ0v) is 16.8. The van der Waals surface area contributed by atoms with Crippen LogP contribution in [0.1, 0.15) is 24.2 Å². The molecule has 0 aliphatic heterocycles. The molecule has 0 bridgehead atoms. The van der Waals surface area contributed by atoms with Crippen molar-refractivity contribution < 1.29 is 9.53 Å². The molecule has 25 heavy (non-hydrogen) atoms. The normalized spacial score (nSPS) is 10.9. The summed E-state index contributed by atoms with van der Waals surface area (Å²) >= 11 is 6.65. The minimum Gasteiger partial charge on any atom is -0.484 e. The monoisotopic (exact) mass is 473 g/mol. The molecule has 0 aliphatic rings. The van der Waals surface area contributed by atoms with Crippen molar-refractivity contribution in [1.82, 2.24) is 9.55 Å². The highest BCUT2D eigenvalue weighted by Gasteiger charge is 2.20. The maximum Gasteiger partial charge on any atom is 0.329 e. The Labute approximate surface area is 160 Å².